The number of hydrogen-bond acceptors (Lipinski definition) is 2. The van der Waals surface area contributed by atoms with Crippen LogP contribution in [-0.2, 0) is 10.4 Å². The second-order valence-electron chi connectivity index (χ2n) is 5.70. The highest BCUT2D eigenvalue weighted by atomic mass is 35.5. The van der Waals surface area contributed by atoms with Crippen molar-refractivity contribution in [3.8, 4) is 0 Å². The van der Waals surface area contributed by atoms with E-state index in [9.17, 15) is 0 Å². The third-order valence-corrected chi connectivity index (χ3v) is 4.48. The topological polar surface area (TPSA) is 21.3 Å². The molecule has 0 bridgehead atoms. The van der Waals surface area contributed by atoms with Gasteiger partial charge in [0.25, 0.3) is 0 Å². The molecule has 0 aromatic heterocycles. The fraction of sp³-hybridized carbons (Fsp3) is 0.143. The lowest BCUT2D eigenvalue weighted by Gasteiger charge is -2.35. The van der Waals surface area contributed by atoms with Crippen LogP contribution in [0, 0.1) is 6.92 Å². The van der Waals surface area contributed by atoms with Crippen molar-refractivity contribution in [1.82, 2.24) is 5.48 Å². The van der Waals surface area contributed by atoms with Crippen LogP contribution < -0.4 is 5.48 Å². The Kier molecular flexibility index (Phi) is 5.00. The predicted octanol–water partition coefficient (Wildman–Crippen LogP) is 5.09. The van der Waals surface area contributed by atoms with Gasteiger partial charge >= 0.3 is 0 Å². The van der Waals surface area contributed by atoms with Crippen LogP contribution in [0.3, 0.4) is 0 Å². The van der Waals surface area contributed by atoms with Gasteiger partial charge in [-0.15, -0.1) is 0 Å². The van der Waals surface area contributed by atoms with Gasteiger partial charge in [-0.2, -0.15) is 0 Å². The largest absolute Gasteiger partial charge is 0.281 e. The molecule has 1 unspecified atom stereocenters. The number of aryl methyl sites for hydroxylation is 1. The molecule has 3 heteroatoms. The summed E-state index contributed by atoms with van der Waals surface area (Å²) in [6.45, 7) is 2.07. The Morgan fingerprint density at radius 1 is 0.792 bits per heavy atom. The van der Waals surface area contributed by atoms with E-state index in [0.29, 0.717) is 5.02 Å². The fourth-order valence-electron chi connectivity index (χ4n) is 3.01. The van der Waals surface area contributed by atoms with Gasteiger partial charge in [-0.25, -0.2) is 5.48 Å². The molecule has 2 nitrogen and oxygen atoms in total. The van der Waals surface area contributed by atoms with Crippen LogP contribution >= 0.6 is 11.6 Å². The third-order valence-electron chi connectivity index (χ3n) is 4.15. The number of nitrogens with one attached hydrogen (secondary N) is 1. The minimum absolute atomic E-state index is 0.664. The number of hydroxylamine groups is 1. The van der Waals surface area contributed by atoms with Gasteiger partial charge in [-0.3, -0.25) is 4.84 Å². The Balaban J connectivity index is 2.33. The summed E-state index contributed by atoms with van der Waals surface area (Å²) in [6, 6.07) is 26.3. The fourth-order valence-corrected chi connectivity index (χ4v) is 3.28. The zero-order valence-electron chi connectivity index (χ0n) is 13.8. The molecule has 3 aromatic rings. The monoisotopic (exact) mass is 337 g/mol. The predicted molar refractivity (Wildman–Crippen MR) is 99.1 cm³/mol. The molecule has 1 N–H and O–H groups in total. The molecule has 1 atom stereocenters. The number of rotatable bonds is 5. The minimum atomic E-state index is -0.831. The van der Waals surface area contributed by atoms with Crippen LogP contribution in [0.5, 0.6) is 0 Å². The summed E-state index contributed by atoms with van der Waals surface area (Å²) in [5, 5.41) is 0.664. The van der Waals surface area contributed by atoms with Gasteiger partial charge in [0.05, 0.1) is 0 Å². The Morgan fingerprint density at radius 2 is 1.38 bits per heavy atom. The molecule has 0 saturated heterocycles. The van der Waals surface area contributed by atoms with Crippen LogP contribution in [0.15, 0.2) is 78.9 Å². The molecule has 3 aromatic carbocycles. The second kappa shape index (κ2) is 7.18. The van der Waals surface area contributed by atoms with Crippen LogP contribution in [0.1, 0.15) is 22.3 Å². The van der Waals surface area contributed by atoms with Gasteiger partial charge in [0.2, 0.25) is 0 Å². The zero-order chi connectivity index (χ0) is 17.0. The first-order chi connectivity index (χ1) is 11.7. The van der Waals surface area contributed by atoms with Crippen LogP contribution in [0.25, 0.3) is 0 Å². The quantitative estimate of drug-likeness (QED) is 0.517. The molecule has 122 valence electrons. The molecule has 0 fully saturated rings. The van der Waals surface area contributed by atoms with Crippen LogP contribution in [0.4, 0.5) is 0 Å². The number of benzene rings is 3. The van der Waals surface area contributed by atoms with Gasteiger partial charge in [0.1, 0.15) is 0 Å². The SMILES string of the molecule is CNOC(c1ccccc1)(c1ccc(C)cc1)c1ccccc1Cl. The Morgan fingerprint density at radius 3 is 2.00 bits per heavy atom. The van der Waals surface area contributed by atoms with E-state index in [1.807, 2.05) is 42.5 Å². The molecule has 0 aliphatic rings. The van der Waals surface area contributed by atoms with Gasteiger partial charge in [-0.1, -0.05) is 90.0 Å². The molecule has 0 radical (unpaired) electrons. The van der Waals surface area contributed by atoms with Crippen molar-refractivity contribution in [3.05, 3.63) is 106 Å². The first-order valence-corrected chi connectivity index (χ1v) is 8.28. The maximum Gasteiger partial charge on any atom is 0.166 e. The summed E-state index contributed by atoms with van der Waals surface area (Å²) in [5.41, 5.74) is 6.18. The van der Waals surface area contributed by atoms with Crippen molar-refractivity contribution in [2.45, 2.75) is 12.5 Å². The number of halogens is 1. The first-order valence-electron chi connectivity index (χ1n) is 7.91. The average molecular weight is 338 g/mol. The molecule has 0 amide bonds. The van der Waals surface area contributed by atoms with Crippen molar-refractivity contribution in [2.24, 2.45) is 0 Å². The molecule has 0 heterocycles. The van der Waals surface area contributed by atoms with Crippen molar-refractivity contribution in [3.63, 3.8) is 0 Å². The highest BCUT2D eigenvalue weighted by Gasteiger charge is 2.39. The summed E-state index contributed by atoms with van der Waals surface area (Å²) in [5.74, 6) is 0. The lowest BCUT2D eigenvalue weighted by atomic mass is 9.80. The Bertz CT molecular complexity index is 802. The molecule has 0 aliphatic carbocycles. The van der Waals surface area contributed by atoms with Gasteiger partial charge in [0, 0.05) is 17.6 Å². The third kappa shape index (κ3) is 2.96. The summed E-state index contributed by atoms with van der Waals surface area (Å²) < 4.78 is 0. The van der Waals surface area contributed by atoms with Crippen molar-refractivity contribution in [2.75, 3.05) is 7.05 Å². The van der Waals surface area contributed by atoms with Gasteiger partial charge < -0.3 is 0 Å². The van der Waals surface area contributed by atoms with E-state index in [1.165, 1.54) is 5.56 Å². The van der Waals surface area contributed by atoms with E-state index in [-0.39, 0.29) is 0 Å². The molecule has 0 saturated carbocycles. The second-order valence-corrected chi connectivity index (χ2v) is 6.11. The van der Waals surface area contributed by atoms with E-state index in [2.05, 4.69) is 48.8 Å². The van der Waals surface area contributed by atoms with E-state index in [0.717, 1.165) is 16.7 Å². The standard InChI is InChI=1S/C21H20ClNO/c1-16-12-14-18(15-13-16)21(24-23-2,17-8-4-3-5-9-17)19-10-6-7-11-20(19)22/h3-15,23H,1-2H3. The molecule has 3 rings (SSSR count). The molecule has 0 spiro atoms. The lowest BCUT2D eigenvalue weighted by molar-refractivity contribution is -0.0488. The summed E-state index contributed by atoms with van der Waals surface area (Å²) in [6.07, 6.45) is 0. The highest BCUT2D eigenvalue weighted by molar-refractivity contribution is 6.31. The van der Waals surface area contributed by atoms with E-state index >= 15 is 0 Å². The van der Waals surface area contributed by atoms with E-state index in [1.54, 1.807) is 7.05 Å². The van der Waals surface area contributed by atoms with E-state index in [4.69, 9.17) is 16.4 Å². The van der Waals surface area contributed by atoms with Crippen LogP contribution in [-0.4, -0.2) is 7.05 Å². The summed E-state index contributed by atoms with van der Waals surface area (Å²) >= 11 is 6.57. The maximum atomic E-state index is 6.57. The summed E-state index contributed by atoms with van der Waals surface area (Å²) in [4.78, 5) is 6.17. The normalized spacial score (nSPS) is 13.5. The molecule has 0 aliphatic heterocycles. The Hall–Kier alpha value is -2.13. The van der Waals surface area contributed by atoms with Crippen LogP contribution in [0.2, 0.25) is 5.02 Å². The minimum Gasteiger partial charge on any atom is -0.281 e. The first kappa shape index (κ1) is 16.7. The van der Waals surface area contributed by atoms with E-state index < -0.39 is 5.60 Å². The molecular formula is C21H20ClNO. The Labute approximate surface area is 148 Å². The van der Waals surface area contributed by atoms with Crippen molar-refractivity contribution >= 4 is 11.6 Å². The van der Waals surface area contributed by atoms with Gasteiger partial charge in [-0.05, 0) is 24.1 Å². The zero-order valence-corrected chi connectivity index (χ0v) is 14.5. The van der Waals surface area contributed by atoms with Crippen molar-refractivity contribution < 1.29 is 4.84 Å². The summed E-state index contributed by atoms with van der Waals surface area (Å²) in [7, 11) is 1.77. The number of hydrogen-bond donors (Lipinski definition) is 1. The average Bonchev–Trinajstić information content (AvgIpc) is 2.62. The smallest absolute Gasteiger partial charge is 0.166 e. The molecule has 24 heavy (non-hydrogen) atoms. The van der Waals surface area contributed by atoms with Crippen molar-refractivity contribution in [1.29, 1.82) is 0 Å². The molecular weight excluding hydrogens is 318 g/mol. The van der Waals surface area contributed by atoms with Gasteiger partial charge in [0.15, 0.2) is 5.60 Å². The lowest BCUT2D eigenvalue weighted by Crippen LogP contribution is -2.37. The highest BCUT2D eigenvalue weighted by Crippen LogP contribution is 2.42. The maximum absolute atomic E-state index is 6.57.